The number of nitrogens with two attached hydrogens (primary N) is 1. The van der Waals surface area contributed by atoms with E-state index in [1.165, 1.54) is 0 Å². The van der Waals surface area contributed by atoms with Crippen LogP contribution in [0.3, 0.4) is 0 Å². The molecular formula is C13H21N3O2. The minimum atomic E-state index is -0.381. The summed E-state index contributed by atoms with van der Waals surface area (Å²) in [5, 5.41) is 14.0. The first-order valence-corrected chi connectivity index (χ1v) is 6.19. The Balaban J connectivity index is 2.82. The minimum Gasteiger partial charge on any atom is -0.383 e. The van der Waals surface area contributed by atoms with Gasteiger partial charge in [-0.3, -0.25) is 10.1 Å². The molecule has 3 N–H and O–H groups in total. The highest BCUT2D eigenvalue weighted by atomic mass is 16.6. The van der Waals surface area contributed by atoms with Crippen LogP contribution in [0.5, 0.6) is 0 Å². The van der Waals surface area contributed by atoms with Crippen LogP contribution in [0.15, 0.2) is 18.2 Å². The fourth-order valence-electron chi connectivity index (χ4n) is 1.75. The van der Waals surface area contributed by atoms with Crippen LogP contribution >= 0.6 is 0 Å². The Kier molecular flexibility index (Phi) is 4.67. The number of nitro groups is 1. The van der Waals surface area contributed by atoms with Crippen molar-refractivity contribution in [3.05, 3.63) is 33.9 Å². The molecule has 0 spiro atoms. The van der Waals surface area contributed by atoms with Gasteiger partial charge in [-0.1, -0.05) is 13.8 Å². The molecule has 0 aliphatic carbocycles. The summed E-state index contributed by atoms with van der Waals surface area (Å²) in [6, 6.07) is 4.98. The van der Waals surface area contributed by atoms with E-state index in [1.807, 2.05) is 26.8 Å². The number of nitrogens with zero attached hydrogens (tertiary/aromatic N) is 1. The number of nitro benzene ring substituents is 1. The summed E-state index contributed by atoms with van der Waals surface area (Å²) in [6.45, 7) is 6.54. The maximum atomic E-state index is 10.8. The Hall–Kier alpha value is -1.62. The molecule has 0 saturated carbocycles. The molecular weight excluding hydrogens is 230 g/mol. The molecule has 5 nitrogen and oxygen atoms in total. The van der Waals surface area contributed by atoms with Crippen molar-refractivity contribution in [2.24, 2.45) is 5.73 Å². The van der Waals surface area contributed by atoms with Gasteiger partial charge in [-0.05, 0) is 31.4 Å². The molecule has 1 aromatic rings. The summed E-state index contributed by atoms with van der Waals surface area (Å²) in [6.07, 6.45) is 1.73. The van der Waals surface area contributed by atoms with E-state index in [0.29, 0.717) is 6.54 Å². The number of nitrogens with one attached hydrogen (secondary N) is 1. The van der Waals surface area contributed by atoms with Crippen molar-refractivity contribution >= 4 is 11.4 Å². The standard InChI is InChI=1S/C13H21N3O2/c1-4-13(14,5-2)9-15-11-6-10(3)7-12(8-11)16(17)18/h6-8,15H,4-5,9,14H2,1-3H3. The maximum Gasteiger partial charge on any atom is 0.271 e. The SMILES string of the molecule is CCC(N)(CC)CNc1cc(C)cc([N+](=O)[O-])c1. The largest absolute Gasteiger partial charge is 0.383 e. The van der Waals surface area contributed by atoms with Crippen molar-refractivity contribution < 1.29 is 4.92 Å². The van der Waals surface area contributed by atoms with Gasteiger partial charge in [-0.15, -0.1) is 0 Å². The number of anilines is 1. The molecule has 1 rings (SSSR count). The number of non-ortho nitro benzene ring substituents is 1. The first-order chi connectivity index (χ1) is 8.40. The van der Waals surface area contributed by atoms with E-state index in [9.17, 15) is 10.1 Å². The van der Waals surface area contributed by atoms with Gasteiger partial charge in [0.15, 0.2) is 0 Å². The maximum absolute atomic E-state index is 10.8. The normalized spacial score (nSPS) is 11.3. The van der Waals surface area contributed by atoms with Crippen molar-refractivity contribution in [1.82, 2.24) is 0 Å². The number of hydrogen-bond donors (Lipinski definition) is 2. The van der Waals surface area contributed by atoms with Gasteiger partial charge < -0.3 is 11.1 Å². The molecule has 0 heterocycles. The zero-order chi connectivity index (χ0) is 13.8. The monoisotopic (exact) mass is 251 g/mol. The molecule has 0 aromatic heterocycles. The summed E-state index contributed by atoms with van der Waals surface area (Å²) >= 11 is 0. The summed E-state index contributed by atoms with van der Waals surface area (Å²) in [5.74, 6) is 0. The molecule has 0 radical (unpaired) electrons. The Bertz CT molecular complexity index is 428. The third-order valence-electron chi connectivity index (χ3n) is 3.33. The molecule has 5 heteroatoms. The Labute approximate surface area is 108 Å². The van der Waals surface area contributed by atoms with Crippen LogP contribution in [0.1, 0.15) is 32.3 Å². The van der Waals surface area contributed by atoms with Gasteiger partial charge in [0.25, 0.3) is 5.69 Å². The molecule has 0 aliphatic heterocycles. The highest BCUT2D eigenvalue weighted by Gasteiger charge is 2.20. The average molecular weight is 251 g/mol. The molecule has 1 aromatic carbocycles. The van der Waals surface area contributed by atoms with E-state index >= 15 is 0 Å². The second-order valence-electron chi connectivity index (χ2n) is 4.74. The van der Waals surface area contributed by atoms with E-state index in [4.69, 9.17) is 5.73 Å². The van der Waals surface area contributed by atoms with Crippen LogP contribution in [0.4, 0.5) is 11.4 Å². The molecule has 0 atom stereocenters. The summed E-state index contributed by atoms with van der Waals surface area (Å²) < 4.78 is 0. The summed E-state index contributed by atoms with van der Waals surface area (Å²) in [7, 11) is 0. The third-order valence-corrected chi connectivity index (χ3v) is 3.33. The van der Waals surface area contributed by atoms with Crippen LogP contribution in [-0.2, 0) is 0 Å². The lowest BCUT2D eigenvalue weighted by Crippen LogP contribution is -2.45. The van der Waals surface area contributed by atoms with E-state index < -0.39 is 0 Å². The fourth-order valence-corrected chi connectivity index (χ4v) is 1.75. The van der Waals surface area contributed by atoms with E-state index in [-0.39, 0.29) is 16.1 Å². The number of aryl methyl sites for hydroxylation is 1. The van der Waals surface area contributed by atoms with Crippen molar-refractivity contribution in [3.63, 3.8) is 0 Å². The smallest absolute Gasteiger partial charge is 0.271 e. The van der Waals surface area contributed by atoms with E-state index in [2.05, 4.69) is 5.32 Å². The fraction of sp³-hybridized carbons (Fsp3) is 0.538. The quantitative estimate of drug-likeness (QED) is 0.601. The summed E-state index contributed by atoms with van der Waals surface area (Å²) in [5.41, 5.74) is 7.64. The lowest BCUT2D eigenvalue weighted by atomic mass is 9.94. The molecule has 0 bridgehead atoms. The van der Waals surface area contributed by atoms with Crippen LogP contribution in [0, 0.1) is 17.0 Å². The first kappa shape index (κ1) is 14.4. The Morgan fingerprint density at radius 1 is 1.33 bits per heavy atom. The van der Waals surface area contributed by atoms with Crippen LogP contribution in [-0.4, -0.2) is 17.0 Å². The Morgan fingerprint density at radius 3 is 2.44 bits per heavy atom. The molecule has 18 heavy (non-hydrogen) atoms. The predicted octanol–water partition coefficient (Wildman–Crippen LogP) is 2.83. The van der Waals surface area contributed by atoms with E-state index in [1.54, 1.807) is 12.1 Å². The van der Waals surface area contributed by atoms with Gasteiger partial charge in [-0.2, -0.15) is 0 Å². The second-order valence-corrected chi connectivity index (χ2v) is 4.74. The van der Waals surface area contributed by atoms with Gasteiger partial charge in [0.2, 0.25) is 0 Å². The highest BCUT2D eigenvalue weighted by Crippen LogP contribution is 2.21. The minimum absolute atomic E-state index is 0.105. The van der Waals surface area contributed by atoms with Gasteiger partial charge in [-0.25, -0.2) is 0 Å². The average Bonchev–Trinajstić information content (AvgIpc) is 2.35. The Morgan fingerprint density at radius 2 is 1.94 bits per heavy atom. The summed E-state index contributed by atoms with van der Waals surface area (Å²) in [4.78, 5) is 10.4. The number of hydrogen-bond acceptors (Lipinski definition) is 4. The number of benzene rings is 1. The highest BCUT2D eigenvalue weighted by molar-refractivity contribution is 5.54. The molecule has 0 aliphatic rings. The van der Waals surface area contributed by atoms with Gasteiger partial charge >= 0.3 is 0 Å². The number of rotatable bonds is 6. The first-order valence-electron chi connectivity index (χ1n) is 6.19. The van der Waals surface area contributed by atoms with Gasteiger partial charge in [0, 0.05) is 29.9 Å². The zero-order valence-corrected chi connectivity index (χ0v) is 11.2. The van der Waals surface area contributed by atoms with Gasteiger partial charge in [0.05, 0.1) is 4.92 Å². The van der Waals surface area contributed by atoms with Crippen molar-refractivity contribution in [1.29, 1.82) is 0 Å². The zero-order valence-electron chi connectivity index (χ0n) is 11.2. The van der Waals surface area contributed by atoms with E-state index in [0.717, 1.165) is 24.1 Å². The second kappa shape index (κ2) is 5.82. The molecule has 0 amide bonds. The molecule has 0 saturated heterocycles. The topological polar surface area (TPSA) is 81.2 Å². The van der Waals surface area contributed by atoms with Crippen molar-refractivity contribution in [2.45, 2.75) is 39.2 Å². The molecule has 100 valence electrons. The predicted molar refractivity (Wildman–Crippen MR) is 73.8 cm³/mol. The van der Waals surface area contributed by atoms with Crippen LogP contribution < -0.4 is 11.1 Å². The lowest BCUT2D eigenvalue weighted by Gasteiger charge is -2.27. The molecule has 0 unspecified atom stereocenters. The van der Waals surface area contributed by atoms with Crippen molar-refractivity contribution in [3.8, 4) is 0 Å². The van der Waals surface area contributed by atoms with Crippen molar-refractivity contribution in [2.75, 3.05) is 11.9 Å². The molecule has 0 fully saturated rings. The van der Waals surface area contributed by atoms with Crippen LogP contribution in [0.25, 0.3) is 0 Å². The third kappa shape index (κ3) is 3.70. The van der Waals surface area contributed by atoms with Crippen LogP contribution in [0.2, 0.25) is 0 Å². The lowest BCUT2D eigenvalue weighted by molar-refractivity contribution is -0.384. The van der Waals surface area contributed by atoms with Gasteiger partial charge in [0.1, 0.15) is 0 Å².